The highest BCUT2D eigenvalue weighted by molar-refractivity contribution is 7.16. The minimum absolute atomic E-state index is 0.275. The van der Waals surface area contributed by atoms with Gasteiger partial charge in [-0.25, -0.2) is 0 Å². The predicted octanol–water partition coefficient (Wildman–Crippen LogP) is 3.10. The normalized spacial score (nSPS) is 10.9. The van der Waals surface area contributed by atoms with Gasteiger partial charge in [0.2, 0.25) is 4.96 Å². The largest absolute Gasteiger partial charge is 0.486 e. The Bertz CT molecular complexity index is 1090. The van der Waals surface area contributed by atoms with Crippen molar-refractivity contribution in [1.82, 2.24) is 19.8 Å². The Hall–Kier alpha value is -3.06. The van der Waals surface area contributed by atoms with Crippen LogP contribution in [0.2, 0.25) is 0 Å². The van der Waals surface area contributed by atoms with Crippen LogP contribution in [0.3, 0.4) is 0 Å². The SMILES string of the molecule is Cc1cccc(OCc2nn3c(=O)c(-c4ccccc4)nnc3s2)c1. The number of hydrogen-bond acceptors (Lipinski definition) is 6. The van der Waals surface area contributed by atoms with Gasteiger partial charge in [-0.2, -0.15) is 9.61 Å². The second-order valence-electron chi connectivity index (χ2n) is 5.52. The molecule has 0 atom stereocenters. The number of aromatic nitrogens is 4. The first-order chi connectivity index (χ1) is 12.2. The van der Waals surface area contributed by atoms with E-state index in [9.17, 15) is 4.79 Å². The molecule has 0 fully saturated rings. The first kappa shape index (κ1) is 15.5. The number of benzene rings is 2. The van der Waals surface area contributed by atoms with Crippen LogP contribution in [-0.4, -0.2) is 19.8 Å². The third kappa shape index (κ3) is 3.14. The van der Waals surface area contributed by atoms with Gasteiger partial charge < -0.3 is 4.74 Å². The summed E-state index contributed by atoms with van der Waals surface area (Å²) in [7, 11) is 0. The van der Waals surface area contributed by atoms with E-state index in [1.54, 1.807) is 0 Å². The summed E-state index contributed by atoms with van der Waals surface area (Å²) in [6.07, 6.45) is 0. The van der Waals surface area contributed by atoms with E-state index in [1.807, 2.05) is 61.5 Å². The number of rotatable bonds is 4. The number of nitrogens with zero attached hydrogens (tertiary/aromatic N) is 4. The second-order valence-corrected chi connectivity index (χ2v) is 6.56. The third-order valence-corrected chi connectivity index (χ3v) is 4.50. The van der Waals surface area contributed by atoms with Gasteiger partial charge in [-0.1, -0.05) is 53.8 Å². The van der Waals surface area contributed by atoms with Crippen molar-refractivity contribution in [3.63, 3.8) is 0 Å². The van der Waals surface area contributed by atoms with Gasteiger partial charge in [0, 0.05) is 5.56 Å². The smallest absolute Gasteiger partial charge is 0.302 e. The quantitative estimate of drug-likeness (QED) is 0.566. The molecule has 0 bridgehead atoms. The average Bonchev–Trinajstić information content (AvgIpc) is 3.05. The lowest BCUT2D eigenvalue weighted by Gasteiger charge is -2.03. The maximum Gasteiger partial charge on any atom is 0.302 e. The number of ether oxygens (including phenoxy) is 1. The highest BCUT2D eigenvalue weighted by Gasteiger charge is 2.13. The van der Waals surface area contributed by atoms with Crippen LogP contribution in [0.1, 0.15) is 10.6 Å². The Balaban J connectivity index is 1.64. The van der Waals surface area contributed by atoms with Crippen LogP contribution in [0.5, 0.6) is 5.75 Å². The molecule has 2 aromatic heterocycles. The second kappa shape index (κ2) is 6.45. The minimum atomic E-state index is -0.283. The first-order valence-electron chi connectivity index (χ1n) is 7.71. The molecule has 0 aliphatic heterocycles. The molecule has 0 amide bonds. The number of aryl methyl sites for hydroxylation is 1. The van der Waals surface area contributed by atoms with Crippen molar-refractivity contribution < 1.29 is 4.74 Å². The fourth-order valence-corrected chi connectivity index (χ4v) is 3.18. The summed E-state index contributed by atoms with van der Waals surface area (Å²) in [5.41, 5.74) is 1.85. The van der Waals surface area contributed by atoms with Crippen molar-refractivity contribution >= 4 is 16.3 Å². The molecule has 124 valence electrons. The van der Waals surface area contributed by atoms with Crippen LogP contribution in [0.15, 0.2) is 59.4 Å². The van der Waals surface area contributed by atoms with E-state index >= 15 is 0 Å². The molecule has 0 aliphatic carbocycles. The van der Waals surface area contributed by atoms with E-state index in [0.29, 0.717) is 9.97 Å². The summed E-state index contributed by atoms with van der Waals surface area (Å²) in [5.74, 6) is 0.766. The Morgan fingerprint density at radius 2 is 1.92 bits per heavy atom. The van der Waals surface area contributed by atoms with Crippen molar-refractivity contribution in [3.05, 3.63) is 75.5 Å². The number of hydrogen-bond donors (Lipinski definition) is 0. The van der Waals surface area contributed by atoms with Crippen molar-refractivity contribution in [2.45, 2.75) is 13.5 Å². The lowest BCUT2D eigenvalue weighted by Crippen LogP contribution is -2.19. The van der Waals surface area contributed by atoms with Crippen LogP contribution < -0.4 is 10.3 Å². The maximum absolute atomic E-state index is 12.6. The lowest BCUT2D eigenvalue weighted by molar-refractivity contribution is 0.304. The Kier molecular flexibility index (Phi) is 3.99. The zero-order valence-corrected chi connectivity index (χ0v) is 14.2. The van der Waals surface area contributed by atoms with E-state index < -0.39 is 0 Å². The zero-order valence-electron chi connectivity index (χ0n) is 13.4. The monoisotopic (exact) mass is 350 g/mol. The molecule has 0 radical (unpaired) electrons. The van der Waals surface area contributed by atoms with Gasteiger partial charge in [0.05, 0.1) is 0 Å². The van der Waals surface area contributed by atoms with E-state index in [4.69, 9.17) is 4.74 Å². The summed E-state index contributed by atoms with van der Waals surface area (Å²) in [6.45, 7) is 2.28. The molecule has 4 aromatic rings. The molecule has 2 heterocycles. The average molecular weight is 350 g/mol. The van der Waals surface area contributed by atoms with E-state index in [0.717, 1.165) is 16.9 Å². The topological polar surface area (TPSA) is 69.4 Å². The standard InChI is InChI=1S/C18H14N4O2S/c1-12-6-5-9-14(10-12)24-11-15-21-22-17(23)16(19-20-18(22)25-15)13-7-3-2-4-8-13/h2-10H,11H2,1H3. The van der Waals surface area contributed by atoms with Crippen molar-refractivity contribution in [3.8, 4) is 17.0 Å². The fraction of sp³-hybridized carbons (Fsp3) is 0.111. The molecule has 0 N–H and O–H groups in total. The van der Waals surface area contributed by atoms with Gasteiger partial charge in [0.15, 0.2) is 10.7 Å². The molecule has 0 saturated carbocycles. The highest BCUT2D eigenvalue weighted by atomic mass is 32.1. The molecule has 0 saturated heterocycles. The summed E-state index contributed by atoms with van der Waals surface area (Å²) < 4.78 is 7.03. The third-order valence-electron chi connectivity index (χ3n) is 3.63. The molecular formula is C18H14N4O2S. The lowest BCUT2D eigenvalue weighted by atomic mass is 10.2. The summed E-state index contributed by atoms with van der Waals surface area (Å²) in [4.78, 5) is 13.1. The van der Waals surface area contributed by atoms with Gasteiger partial charge in [0.25, 0.3) is 0 Å². The van der Waals surface area contributed by atoms with E-state index in [2.05, 4.69) is 15.3 Å². The Morgan fingerprint density at radius 3 is 2.72 bits per heavy atom. The molecule has 0 unspecified atom stereocenters. The van der Waals surface area contributed by atoms with Crippen molar-refractivity contribution in [2.24, 2.45) is 0 Å². The van der Waals surface area contributed by atoms with Crippen molar-refractivity contribution in [1.29, 1.82) is 0 Å². The fourth-order valence-electron chi connectivity index (χ4n) is 2.44. The van der Waals surface area contributed by atoms with Crippen LogP contribution in [0.4, 0.5) is 0 Å². The van der Waals surface area contributed by atoms with Gasteiger partial charge in [-0.3, -0.25) is 4.79 Å². The highest BCUT2D eigenvalue weighted by Crippen LogP contribution is 2.18. The first-order valence-corrected chi connectivity index (χ1v) is 8.53. The molecule has 0 spiro atoms. The zero-order chi connectivity index (χ0) is 17.2. The van der Waals surface area contributed by atoms with Gasteiger partial charge in [-0.05, 0) is 24.6 Å². The predicted molar refractivity (Wildman–Crippen MR) is 95.9 cm³/mol. The van der Waals surface area contributed by atoms with Gasteiger partial charge >= 0.3 is 5.56 Å². The molecule has 25 heavy (non-hydrogen) atoms. The van der Waals surface area contributed by atoms with Crippen molar-refractivity contribution in [2.75, 3.05) is 0 Å². The molecule has 2 aromatic carbocycles. The van der Waals surface area contributed by atoms with Crippen LogP contribution >= 0.6 is 11.3 Å². The molecular weight excluding hydrogens is 336 g/mol. The summed E-state index contributed by atoms with van der Waals surface area (Å²) in [6, 6.07) is 17.0. The maximum atomic E-state index is 12.6. The van der Waals surface area contributed by atoms with E-state index in [-0.39, 0.29) is 17.9 Å². The van der Waals surface area contributed by atoms with Crippen LogP contribution in [-0.2, 0) is 6.61 Å². The minimum Gasteiger partial charge on any atom is -0.486 e. The van der Waals surface area contributed by atoms with Gasteiger partial charge in [-0.15, -0.1) is 10.2 Å². The molecule has 7 heteroatoms. The number of fused-ring (bicyclic) bond motifs is 1. The molecule has 6 nitrogen and oxygen atoms in total. The summed E-state index contributed by atoms with van der Waals surface area (Å²) >= 11 is 1.29. The van der Waals surface area contributed by atoms with E-state index in [1.165, 1.54) is 15.9 Å². The van der Waals surface area contributed by atoms with Gasteiger partial charge in [0.1, 0.15) is 12.4 Å². The Labute approximate surface area is 147 Å². The van der Waals surface area contributed by atoms with Crippen LogP contribution in [0.25, 0.3) is 16.2 Å². The van der Waals surface area contributed by atoms with Crippen LogP contribution in [0, 0.1) is 6.92 Å². The molecule has 0 aliphatic rings. The Morgan fingerprint density at radius 1 is 1.08 bits per heavy atom. The molecule has 4 rings (SSSR count). The summed E-state index contributed by atoms with van der Waals surface area (Å²) in [5, 5.41) is 13.2.